The fraction of sp³-hybridized carbons (Fsp3) is 0.303. The second-order valence-corrected chi connectivity index (χ2v) is 10.7. The summed E-state index contributed by atoms with van der Waals surface area (Å²) in [6.07, 6.45) is 2.00. The van der Waals surface area contributed by atoms with Crippen LogP contribution in [0, 0.1) is 12.8 Å². The van der Waals surface area contributed by atoms with Crippen LogP contribution in [-0.4, -0.2) is 67.7 Å². The van der Waals surface area contributed by atoms with E-state index in [9.17, 15) is 14.4 Å². The Morgan fingerprint density at radius 2 is 1.74 bits per heavy atom. The molecule has 2 amide bonds. The third kappa shape index (κ3) is 6.37. The molecule has 0 aromatic heterocycles. The third-order valence-electron chi connectivity index (χ3n) is 7.92. The quantitative estimate of drug-likeness (QED) is 0.226. The average molecular weight is 569 g/mol. The van der Waals surface area contributed by atoms with Crippen LogP contribution in [0.5, 0.6) is 0 Å². The molecule has 0 saturated carbocycles. The highest BCUT2D eigenvalue weighted by atomic mass is 16.5. The topological polar surface area (TPSA) is 120 Å². The van der Waals surface area contributed by atoms with E-state index in [1.807, 2.05) is 55.5 Å². The minimum Gasteiger partial charge on any atom is -0.465 e. The van der Waals surface area contributed by atoms with Gasteiger partial charge in [-0.25, -0.2) is 4.79 Å². The van der Waals surface area contributed by atoms with Crippen LogP contribution in [-0.2, 0) is 9.53 Å². The molecule has 218 valence electrons. The molecular formula is C33H36N4O5. The fourth-order valence-corrected chi connectivity index (χ4v) is 5.53. The van der Waals surface area contributed by atoms with Crippen LogP contribution >= 0.6 is 0 Å². The molecule has 1 fully saturated rings. The van der Waals surface area contributed by atoms with Crippen molar-refractivity contribution < 1.29 is 24.2 Å². The summed E-state index contributed by atoms with van der Waals surface area (Å²) in [7, 11) is 1.33. The number of carbonyl (C=O) groups excluding carboxylic acids is 3. The van der Waals surface area contributed by atoms with E-state index in [0.29, 0.717) is 58.2 Å². The van der Waals surface area contributed by atoms with Gasteiger partial charge >= 0.3 is 5.97 Å². The summed E-state index contributed by atoms with van der Waals surface area (Å²) in [6, 6.07) is 20.2. The summed E-state index contributed by atoms with van der Waals surface area (Å²) in [6.45, 7) is 5.20. The zero-order valence-corrected chi connectivity index (χ0v) is 23.9. The number of anilines is 2. The van der Waals surface area contributed by atoms with Crippen molar-refractivity contribution >= 4 is 40.4 Å². The normalized spacial score (nSPS) is 16.4. The summed E-state index contributed by atoms with van der Waals surface area (Å²) in [5, 5.41) is 18.5. The van der Waals surface area contributed by atoms with Gasteiger partial charge in [-0.15, -0.1) is 0 Å². The number of carbonyl (C=O) groups is 3. The molecule has 42 heavy (non-hydrogen) atoms. The summed E-state index contributed by atoms with van der Waals surface area (Å²) in [4.78, 5) is 40.6. The van der Waals surface area contributed by atoms with E-state index in [4.69, 9.17) is 9.84 Å². The Kier molecular flexibility index (Phi) is 9.00. The Balaban J connectivity index is 1.35. The second kappa shape index (κ2) is 13.0. The molecule has 2 aliphatic rings. The van der Waals surface area contributed by atoms with Gasteiger partial charge in [0.25, 0.3) is 11.8 Å². The maximum absolute atomic E-state index is 13.3. The van der Waals surface area contributed by atoms with E-state index >= 15 is 0 Å². The van der Waals surface area contributed by atoms with E-state index < -0.39 is 5.97 Å². The number of hydrogen-bond acceptors (Lipinski definition) is 7. The molecule has 0 bridgehead atoms. The summed E-state index contributed by atoms with van der Waals surface area (Å²) in [5.41, 5.74) is 5.50. The van der Waals surface area contributed by atoms with Gasteiger partial charge in [-0.3, -0.25) is 9.59 Å². The standard InChI is InChI=1S/C33H36N4O5/c1-21-18-27-28(19-26(21)33(41)42-2)36-32(40)29(27)30(23-6-4-3-5-7-23)35-25-10-8-24(9-11-25)31(39)34-20-22-12-14-37(15-13-22)16-17-38/h3-11,18-19,22,35,38H,12-17,20H2,1-2H3,(H,34,39)(H,36,40)/b30-29+. The molecule has 0 aliphatic carbocycles. The summed E-state index contributed by atoms with van der Waals surface area (Å²) < 4.78 is 4.90. The zero-order chi connectivity index (χ0) is 29.6. The zero-order valence-electron chi connectivity index (χ0n) is 23.9. The van der Waals surface area contributed by atoms with Crippen LogP contribution in [0.1, 0.15) is 50.2 Å². The van der Waals surface area contributed by atoms with Crippen molar-refractivity contribution in [3.8, 4) is 0 Å². The molecule has 3 aromatic rings. The molecule has 4 N–H and O–H groups in total. The first-order valence-corrected chi connectivity index (χ1v) is 14.2. The molecule has 3 aromatic carbocycles. The number of hydrogen-bond donors (Lipinski definition) is 4. The van der Waals surface area contributed by atoms with Gasteiger partial charge in [0.1, 0.15) is 0 Å². The number of aryl methyl sites for hydroxylation is 1. The summed E-state index contributed by atoms with van der Waals surface area (Å²) >= 11 is 0. The Morgan fingerprint density at radius 1 is 1.02 bits per heavy atom. The van der Waals surface area contributed by atoms with Crippen LogP contribution in [0.4, 0.5) is 11.4 Å². The maximum atomic E-state index is 13.3. The van der Waals surface area contributed by atoms with Crippen LogP contribution in [0.25, 0.3) is 11.3 Å². The van der Waals surface area contributed by atoms with E-state index in [1.54, 1.807) is 18.2 Å². The number of aliphatic hydroxyl groups is 1. The SMILES string of the molecule is COC(=O)c1cc2c(cc1C)/C(=C(\Nc1ccc(C(=O)NCC3CCN(CCO)CC3)cc1)c1ccccc1)C(=O)N2. The molecular weight excluding hydrogens is 532 g/mol. The highest BCUT2D eigenvalue weighted by Crippen LogP contribution is 2.39. The monoisotopic (exact) mass is 568 g/mol. The summed E-state index contributed by atoms with van der Waals surface area (Å²) in [5.74, 6) is -0.438. The number of nitrogens with zero attached hydrogens (tertiary/aromatic N) is 1. The number of ether oxygens (including phenoxy) is 1. The minimum absolute atomic E-state index is 0.123. The van der Waals surface area contributed by atoms with E-state index in [1.165, 1.54) is 7.11 Å². The maximum Gasteiger partial charge on any atom is 0.338 e. The van der Waals surface area contributed by atoms with Gasteiger partial charge in [0.2, 0.25) is 0 Å². The predicted octanol–water partition coefficient (Wildman–Crippen LogP) is 4.15. The number of methoxy groups -OCH3 is 1. The Hall–Kier alpha value is -4.47. The lowest BCUT2D eigenvalue weighted by Gasteiger charge is -2.31. The van der Waals surface area contributed by atoms with Gasteiger partial charge < -0.3 is 30.7 Å². The van der Waals surface area contributed by atoms with E-state index in [2.05, 4.69) is 20.9 Å². The average Bonchev–Trinajstić information content (AvgIpc) is 3.33. The number of likely N-dealkylation sites (tertiary alicyclic amines) is 1. The number of amides is 2. The Bertz CT molecular complexity index is 1490. The van der Waals surface area contributed by atoms with E-state index in [0.717, 1.165) is 37.2 Å². The van der Waals surface area contributed by atoms with Crippen LogP contribution in [0.15, 0.2) is 66.7 Å². The molecule has 0 spiro atoms. The van der Waals surface area contributed by atoms with Gasteiger partial charge in [-0.05, 0) is 86.3 Å². The lowest BCUT2D eigenvalue weighted by molar-refractivity contribution is -0.110. The van der Waals surface area contributed by atoms with Gasteiger partial charge in [0.05, 0.1) is 36.2 Å². The molecule has 2 aliphatic heterocycles. The lowest BCUT2D eigenvalue weighted by atomic mass is 9.96. The molecule has 0 radical (unpaired) electrons. The Morgan fingerprint density at radius 3 is 2.40 bits per heavy atom. The van der Waals surface area contributed by atoms with Crippen molar-refractivity contribution in [1.82, 2.24) is 10.2 Å². The number of nitrogens with one attached hydrogen (secondary N) is 3. The van der Waals surface area contributed by atoms with Crippen molar-refractivity contribution in [3.63, 3.8) is 0 Å². The van der Waals surface area contributed by atoms with Gasteiger partial charge in [0, 0.05) is 29.9 Å². The molecule has 2 heterocycles. The number of β-amino-alcohol motifs (C(OH)–C–C–N with tert-alkyl or cyclic N) is 1. The smallest absolute Gasteiger partial charge is 0.338 e. The van der Waals surface area contributed by atoms with Crippen LogP contribution in [0.3, 0.4) is 0 Å². The number of benzene rings is 3. The van der Waals surface area contributed by atoms with Crippen molar-refractivity contribution in [1.29, 1.82) is 0 Å². The molecule has 9 nitrogen and oxygen atoms in total. The minimum atomic E-state index is -0.462. The number of fused-ring (bicyclic) bond motifs is 1. The highest BCUT2D eigenvalue weighted by molar-refractivity contribution is 6.37. The van der Waals surface area contributed by atoms with Crippen molar-refractivity contribution in [2.75, 3.05) is 50.5 Å². The molecule has 0 unspecified atom stereocenters. The first kappa shape index (κ1) is 29.0. The first-order chi connectivity index (χ1) is 20.4. The number of aliphatic hydroxyl groups excluding tert-OH is 1. The van der Waals surface area contributed by atoms with Crippen molar-refractivity contribution in [2.24, 2.45) is 5.92 Å². The number of esters is 1. The van der Waals surface area contributed by atoms with Crippen molar-refractivity contribution in [3.05, 3.63) is 94.5 Å². The van der Waals surface area contributed by atoms with Gasteiger partial charge in [0.15, 0.2) is 0 Å². The Labute approximate surface area is 245 Å². The molecule has 5 rings (SSSR count). The number of rotatable bonds is 9. The highest BCUT2D eigenvalue weighted by Gasteiger charge is 2.30. The molecule has 1 saturated heterocycles. The first-order valence-electron chi connectivity index (χ1n) is 14.2. The van der Waals surface area contributed by atoms with Crippen LogP contribution in [0.2, 0.25) is 0 Å². The lowest BCUT2D eigenvalue weighted by Crippen LogP contribution is -2.39. The molecule has 0 atom stereocenters. The largest absolute Gasteiger partial charge is 0.465 e. The van der Waals surface area contributed by atoms with Crippen LogP contribution < -0.4 is 16.0 Å². The second-order valence-electron chi connectivity index (χ2n) is 10.7. The molecule has 9 heteroatoms. The van der Waals surface area contributed by atoms with Gasteiger partial charge in [-0.2, -0.15) is 0 Å². The van der Waals surface area contributed by atoms with Crippen molar-refractivity contribution in [2.45, 2.75) is 19.8 Å². The number of piperidine rings is 1. The predicted molar refractivity (Wildman–Crippen MR) is 163 cm³/mol. The van der Waals surface area contributed by atoms with E-state index in [-0.39, 0.29) is 18.4 Å². The third-order valence-corrected chi connectivity index (χ3v) is 7.92. The fourth-order valence-electron chi connectivity index (χ4n) is 5.53. The van der Waals surface area contributed by atoms with Gasteiger partial charge in [-0.1, -0.05) is 30.3 Å².